The van der Waals surface area contributed by atoms with Crippen LogP contribution >= 0.6 is 11.3 Å². The zero-order valence-electron chi connectivity index (χ0n) is 12.9. The summed E-state index contributed by atoms with van der Waals surface area (Å²) in [6, 6.07) is 12.6. The van der Waals surface area contributed by atoms with Gasteiger partial charge >= 0.3 is 0 Å². The molecule has 0 aliphatic rings. The van der Waals surface area contributed by atoms with E-state index < -0.39 is 6.10 Å². The van der Waals surface area contributed by atoms with E-state index in [9.17, 15) is 14.7 Å². The molecule has 0 aliphatic heterocycles. The average molecular weight is 332 g/mol. The number of aliphatic hydroxyl groups excluding tert-OH is 1. The Morgan fingerprint density at radius 2 is 1.91 bits per heavy atom. The Labute approximate surface area is 139 Å². The zero-order chi connectivity index (χ0) is 16.7. The van der Waals surface area contributed by atoms with Crippen LogP contribution in [0, 0.1) is 0 Å². The smallest absolute Gasteiger partial charge is 0.261 e. The molecule has 1 heterocycles. The second-order valence-corrected chi connectivity index (χ2v) is 6.24. The number of carbonyl (C=O) groups is 2. The fourth-order valence-electron chi connectivity index (χ4n) is 2.19. The van der Waals surface area contributed by atoms with E-state index in [0.29, 0.717) is 11.3 Å². The number of amides is 2. The second-order valence-electron chi connectivity index (χ2n) is 5.29. The molecular weight excluding hydrogens is 312 g/mol. The lowest BCUT2D eigenvalue weighted by molar-refractivity contribution is -0.120. The van der Waals surface area contributed by atoms with E-state index in [1.54, 1.807) is 12.1 Å². The van der Waals surface area contributed by atoms with Crippen molar-refractivity contribution in [3.63, 3.8) is 0 Å². The van der Waals surface area contributed by atoms with Crippen molar-refractivity contribution in [3.8, 4) is 0 Å². The molecule has 1 aromatic carbocycles. The highest BCUT2D eigenvalue weighted by Gasteiger charge is 2.15. The minimum Gasteiger partial charge on any atom is -0.388 e. The van der Waals surface area contributed by atoms with E-state index in [-0.39, 0.29) is 24.4 Å². The van der Waals surface area contributed by atoms with Gasteiger partial charge in [-0.3, -0.25) is 9.59 Å². The first-order chi connectivity index (χ1) is 11.1. The summed E-state index contributed by atoms with van der Waals surface area (Å²) in [6.07, 6.45) is -0.221. The molecule has 0 aliphatic carbocycles. The first-order valence-electron chi connectivity index (χ1n) is 7.40. The Kier molecular flexibility index (Phi) is 6.31. The average Bonchev–Trinajstić information content (AvgIpc) is 3.07. The van der Waals surface area contributed by atoms with Crippen LogP contribution in [-0.2, 0) is 4.79 Å². The van der Waals surface area contributed by atoms with Crippen molar-refractivity contribution in [3.05, 3.63) is 58.3 Å². The van der Waals surface area contributed by atoms with Crippen LogP contribution in [0.5, 0.6) is 0 Å². The largest absolute Gasteiger partial charge is 0.388 e. The minimum absolute atomic E-state index is 0.0808. The molecule has 5 nitrogen and oxygen atoms in total. The van der Waals surface area contributed by atoms with Crippen molar-refractivity contribution in [1.29, 1.82) is 0 Å². The maximum atomic E-state index is 11.8. The number of thiophene rings is 1. The standard InChI is InChI=1S/C17H20N2O3S/c1-12(10-14(20)13-6-3-2-4-7-13)19-16(21)11-18-17(22)15-8-5-9-23-15/h2-9,12,14,20H,10-11H2,1H3,(H,18,22)(H,19,21). The Bertz CT molecular complexity index is 629. The molecule has 23 heavy (non-hydrogen) atoms. The number of nitrogens with one attached hydrogen (secondary N) is 2. The van der Waals surface area contributed by atoms with Gasteiger partial charge in [0.05, 0.1) is 17.5 Å². The molecule has 0 radical (unpaired) electrons. The van der Waals surface area contributed by atoms with Crippen LogP contribution < -0.4 is 10.6 Å². The van der Waals surface area contributed by atoms with Gasteiger partial charge in [0.2, 0.25) is 5.91 Å². The Morgan fingerprint density at radius 1 is 1.17 bits per heavy atom. The first kappa shape index (κ1) is 17.2. The van der Waals surface area contributed by atoms with Crippen molar-refractivity contribution >= 4 is 23.2 Å². The Balaban J connectivity index is 1.73. The van der Waals surface area contributed by atoms with Crippen LogP contribution in [0.2, 0.25) is 0 Å². The van der Waals surface area contributed by atoms with Gasteiger partial charge in [-0.1, -0.05) is 36.4 Å². The van der Waals surface area contributed by atoms with E-state index in [1.807, 2.05) is 42.6 Å². The maximum absolute atomic E-state index is 11.8. The number of hydrogen-bond donors (Lipinski definition) is 3. The van der Waals surface area contributed by atoms with E-state index in [4.69, 9.17) is 0 Å². The lowest BCUT2D eigenvalue weighted by Gasteiger charge is -2.18. The van der Waals surface area contributed by atoms with Gasteiger partial charge in [-0.15, -0.1) is 11.3 Å². The molecule has 0 bridgehead atoms. The molecule has 0 saturated heterocycles. The van der Waals surface area contributed by atoms with E-state index in [0.717, 1.165) is 5.56 Å². The summed E-state index contributed by atoms with van der Waals surface area (Å²) in [5.74, 6) is -0.533. The summed E-state index contributed by atoms with van der Waals surface area (Å²) >= 11 is 1.33. The highest BCUT2D eigenvalue weighted by atomic mass is 32.1. The molecular formula is C17H20N2O3S. The zero-order valence-corrected chi connectivity index (χ0v) is 13.7. The normalized spacial score (nSPS) is 13.1. The molecule has 3 N–H and O–H groups in total. The fourth-order valence-corrected chi connectivity index (χ4v) is 2.83. The number of benzene rings is 1. The Hall–Kier alpha value is -2.18. The van der Waals surface area contributed by atoms with Crippen molar-refractivity contribution in [2.45, 2.75) is 25.5 Å². The summed E-state index contributed by atoms with van der Waals surface area (Å²) in [7, 11) is 0. The molecule has 2 aromatic rings. The van der Waals surface area contributed by atoms with Crippen molar-refractivity contribution in [1.82, 2.24) is 10.6 Å². The SMILES string of the molecule is CC(CC(O)c1ccccc1)NC(=O)CNC(=O)c1cccs1. The molecule has 0 fully saturated rings. The van der Waals surface area contributed by atoms with Crippen LogP contribution in [-0.4, -0.2) is 29.5 Å². The molecule has 0 spiro atoms. The molecule has 1 aromatic heterocycles. The van der Waals surface area contributed by atoms with Crippen LogP contribution in [0.3, 0.4) is 0 Å². The van der Waals surface area contributed by atoms with E-state index in [2.05, 4.69) is 10.6 Å². The molecule has 2 amide bonds. The summed E-state index contributed by atoms with van der Waals surface area (Å²) in [5.41, 5.74) is 0.819. The Morgan fingerprint density at radius 3 is 2.57 bits per heavy atom. The third kappa shape index (κ3) is 5.50. The van der Waals surface area contributed by atoms with Crippen molar-refractivity contribution in [2.75, 3.05) is 6.54 Å². The third-order valence-electron chi connectivity index (χ3n) is 3.32. The van der Waals surface area contributed by atoms with Gasteiger partial charge in [-0.25, -0.2) is 0 Å². The predicted molar refractivity (Wildman–Crippen MR) is 90.3 cm³/mol. The fraction of sp³-hybridized carbons (Fsp3) is 0.294. The number of hydrogen-bond acceptors (Lipinski definition) is 4. The summed E-state index contributed by atoms with van der Waals surface area (Å²) in [6.45, 7) is 1.74. The number of aliphatic hydroxyl groups is 1. The van der Waals surface area contributed by atoms with Crippen LogP contribution in [0.4, 0.5) is 0 Å². The lowest BCUT2D eigenvalue weighted by Crippen LogP contribution is -2.41. The second kappa shape index (κ2) is 8.45. The maximum Gasteiger partial charge on any atom is 0.261 e. The molecule has 0 saturated carbocycles. The topological polar surface area (TPSA) is 78.4 Å². The lowest BCUT2D eigenvalue weighted by atomic mass is 10.0. The molecule has 122 valence electrons. The monoisotopic (exact) mass is 332 g/mol. The van der Waals surface area contributed by atoms with Gasteiger partial charge in [-0.2, -0.15) is 0 Å². The van der Waals surface area contributed by atoms with Gasteiger partial charge in [0.15, 0.2) is 0 Å². The number of rotatable bonds is 7. The van der Waals surface area contributed by atoms with Gasteiger partial charge in [0.1, 0.15) is 0 Å². The summed E-state index contributed by atoms with van der Waals surface area (Å²) in [5, 5.41) is 17.3. The predicted octanol–water partition coefficient (Wildman–Crippen LogP) is 2.11. The third-order valence-corrected chi connectivity index (χ3v) is 4.19. The quantitative estimate of drug-likeness (QED) is 0.726. The van der Waals surface area contributed by atoms with Crippen LogP contribution in [0.15, 0.2) is 47.8 Å². The van der Waals surface area contributed by atoms with Crippen LogP contribution in [0.1, 0.15) is 34.7 Å². The van der Waals surface area contributed by atoms with E-state index in [1.165, 1.54) is 11.3 Å². The highest BCUT2D eigenvalue weighted by Crippen LogP contribution is 2.17. The highest BCUT2D eigenvalue weighted by molar-refractivity contribution is 7.12. The summed E-state index contributed by atoms with van der Waals surface area (Å²) in [4.78, 5) is 24.2. The molecule has 2 atom stereocenters. The van der Waals surface area contributed by atoms with Gasteiger partial charge in [0.25, 0.3) is 5.91 Å². The van der Waals surface area contributed by atoms with Crippen molar-refractivity contribution < 1.29 is 14.7 Å². The summed E-state index contributed by atoms with van der Waals surface area (Å²) < 4.78 is 0. The van der Waals surface area contributed by atoms with Crippen LogP contribution in [0.25, 0.3) is 0 Å². The van der Waals surface area contributed by atoms with Crippen molar-refractivity contribution in [2.24, 2.45) is 0 Å². The molecule has 2 rings (SSSR count). The molecule has 6 heteroatoms. The van der Waals surface area contributed by atoms with Gasteiger partial charge in [0, 0.05) is 6.04 Å². The molecule has 2 unspecified atom stereocenters. The first-order valence-corrected chi connectivity index (χ1v) is 8.28. The van der Waals surface area contributed by atoms with Gasteiger partial charge in [-0.05, 0) is 30.4 Å². The minimum atomic E-state index is -0.632. The van der Waals surface area contributed by atoms with Gasteiger partial charge < -0.3 is 15.7 Å². The number of carbonyl (C=O) groups excluding carboxylic acids is 2. The van der Waals surface area contributed by atoms with E-state index >= 15 is 0 Å².